The van der Waals surface area contributed by atoms with Gasteiger partial charge in [-0.15, -0.1) is 12.6 Å². The Morgan fingerprint density at radius 3 is 1.90 bits per heavy atom. The van der Waals surface area contributed by atoms with E-state index in [2.05, 4.69) is 37.9 Å². The SMILES string of the molecule is C=C(C)C(=O)Sc1nc(-c2ccccc2)ns1.Sc1nc(-c2ccccc2)ns1. The van der Waals surface area contributed by atoms with Gasteiger partial charge < -0.3 is 0 Å². The summed E-state index contributed by atoms with van der Waals surface area (Å²) in [5, 5.41) is -0.0687. The van der Waals surface area contributed by atoms with Crippen LogP contribution in [0, 0.1) is 0 Å². The monoisotopic (exact) mass is 456 g/mol. The topological polar surface area (TPSA) is 68.6 Å². The highest BCUT2D eigenvalue weighted by molar-refractivity contribution is 8.15. The van der Waals surface area contributed by atoms with Gasteiger partial charge in [-0.25, -0.2) is 9.97 Å². The van der Waals surface area contributed by atoms with Crippen LogP contribution < -0.4 is 0 Å². The number of hydrogen-bond donors (Lipinski definition) is 1. The predicted octanol–water partition coefficient (Wildman–Crippen LogP) is 5.89. The van der Waals surface area contributed by atoms with E-state index in [0.717, 1.165) is 28.7 Å². The highest BCUT2D eigenvalue weighted by atomic mass is 32.2. The molecule has 0 aliphatic rings. The summed E-state index contributed by atoms with van der Waals surface area (Å²) in [5.74, 6) is 1.42. The standard InChI is InChI=1S/C12H10N2OS2.C8H6N2S2/c1-8(2)11(15)16-12-13-10(14-17-12)9-6-4-3-5-7-9;11-8-9-7(10-12-8)6-4-2-1-3-5-6/h3-7H,1H2,2H3;1-5H,(H,9,10,11). The molecule has 0 aliphatic carbocycles. The second-order valence-corrected chi connectivity index (χ2v) is 9.14. The van der Waals surface area contributed by atoms with Crippen LogP contribution in [0.2, 0.25) is 0 Å². The second kappa shape index (κ2) is 10.4. The minimum absolute atomic E-state index is 0.0687. The first kappa shape index (κ1) is 21.4. The number of benzene rings is 2. The van der Waals surface area contributed by atoms with Gasteiger partial charge in [0, 0.05) is 11.1 Å². The van der Waals surface area contributed by atoms with Gasteiger partial charge in [-0.1, -0.05) is 67.2 Å². The number of aromatic nitrogens is 4. The van der Waals surface area contributed by atoms with E-state index in [9.17, 15) is 4.79 Å². The summed E-state index contributed by atoms with van der Waals surface area (Å²) in [5.41, 5.74) is 2.51. The molecular weight excluding hydrogens is 441 g/mol. The van der Waals surface area contributed by atoms with Crippen molar-refractivity contribution in [1.82, 2.24) is 18.7 Å². The van der Waals surface area contributed by atoms with Crippen LogP contribution in [0.15, 0.2) is 81.5 Å². The zero-order chi connectivity index (χ0) is 20.6. The zero-order valence-corrected chi connectivity index (χ0v) is 18.7. The first-order chi connectivity index (χ1) is 14.0. The van der Waals surface area contributed by atoms with Crippen molar-refractivity contribution in [2.75, 3.05) is 0 Å². The third kappa shape index (κ3) is 6.33. The third-order valence-corrected chi connectivity index (χ3v) is 6.06. The van der Waals surface area contributed by atoms with Crippen LogP contribution in [0.25, 0.3) is 22.8 Å². The minimum Gasteiger partial charge on any atom is -0.282 e. The van der Waals surface area contributed by atoms with Crippen molar-refractivity contribution in [3.05, 3.63) is 72.8 Å². The summed E-state index contributed by atoms with van der Waals surface area (Å²) < 4.78 is 9.72. The maximum absolute atomic E-state index is 11.5. The van der Waals surface area contributed by atoms with Crippen molar-refractivity contribution in [3.8, 4) is 22.8 Å². The van der Waals surface area contributed by atoms with Gasteiger partial charge in [-0.3, -0.25) is 4.79 Å². The van der Waals surface area contributed by atoms with E-state index in [0.29, 0.717) is 20.1 Å². The van der Waals surface area contributed by atoms with E-state index in [1.807, 2.05) is 60.7 Å². The van der Waals surface area contributed by atoms with Gasteiger partial charge in [0.25, 0.3) is 0 Å². The van der Waals surface area contributed by atoms with E-state index in [4.69, 9.17) is 0 Å². The molecule has 0 aliphatic heterocycles. The molecule has 5 nitrogen and oxygen atoms in total. The van der Waals surface area contributed by atoms with Crippen LogP contribution in [-0.2, 0) is 4.79 Å². The summed E-state index contributed by atoms with van der Waals surface area (Å²) in [6.07, 6.45) is 0. The van der Waals surface area contributed by atoms with Crippen molar-refractivity contribution in [3.63, 3.8) is 0 Å². The van der Waals surface area contributed by atoms with Crippen LogP contribution in [0.4, 0.5) is 0 Å². The third-order valence-electron chi connectivity index (χ3n) is 3.42. The van der Waals surface area contributed by atoms with Gasteiger partial charge in [-0.05, 0) is 47.3 Å². The van der Waals surface area contributed by atoms with Crippen LogP contribution in [0.1, 0.15) is 6.92 Å². The first-order valence-corrected chi connectivity index (χ1v) is 11.2. The highest BCUT2D eigenvalue weighted by Crippen LogP contribution is 2.27. The normalized spacial score (nSPS) is 10.1. The fraction of sp³-hybridized carbons (Fsp3) is 0.0500. The van der Waals surface area contributed by atoms with Crippen molar-refractivity contribution >= 4 is 52.6 Å². The maximum Gasteiger partial charge on any atom is 0.221 e. The van der Waals surface area contributed by atoms with Crippen LogP contribution in [0.3, 0.4) is 0 Å². The van der Waals surface area contributed by atoms with E-state index in [-0.39, 0.29) is 5.12 Å². The van der Waals surface area contributed by atoms with E-state index < -0.39 is 0 Å². The Bertz CT molecular complexity index is 1090. The molecule has 2 heterocycles. The van der Waals surface area contributed by atoms with Crippen molar-refractivity contribution in [2.45, 2.75) is 15.6 Å². The molecule has 2 aromatic heterocycles. The first-order valence-electron chi connectivity index (χ1n) is 8.38. The number of carbonyl (C=O) groups excluding carboxylic acids is 1. The molecule has 146 valence electrons. The molecule has 4 rings (SSSR count). The van der Waals surface area contributed by atoms with Crippen molar-refractivity contribution in [2.24, 2.45) is 0 Å². The summed E-state index contributed by atoms with van der Waals surface area (Å²) in [6.45, 7) is 5.29. The number of carbonyl (C=O) groups is 1. The Morgan fingerprint density at radius 1 is 0.897 bits per heavy atom. The lowest BCUT2D eigenvalue weighted by Crippen LogP contribution is -1.90. The molecule has 9 heteroatoms. The van der Waals surface area contributed by atoms with Crippen molar-refractivity contribution in [1.29, 1.82) is 0 Å². The van der Waals surface area contributed by atoms with Crippen molar-refractivity contribution < 1.29 is 4.79 Å². The molecular formula is C20H16N4OS4. The highest BCUT2D eigenvalue weighted by Gasteiger charge is 2.11. The smallest absolute Gasteiger partial charge is 0.221 e. The molecule has 0 N–H and O–H groups in total. The van der Waals surface area contributed by atoms with Gasteiger partial charge in [0.15, 0.2) is 20.3 Å². The number of rotatable bonds is 4. The summed E-state index contributed by atoms with van der Waals surface area (Å²) in [6, 6.07) is 19.6. The Kier molecular flexibility index (Phi) is 7.70. The Morgan fingerprint density at radius 2 is 1.41 bits per heavy atom. The van der Waals surface area contributed by atoms with Crippen LogP contribution in [0.5, 0.6) is 0 Å². The Balaban J connectivity index is 0.000000176. The molecule has 0 saturated carbocycles. The van der Waals surface area contributed by atoms with Gasteiger partial charge in [0.1, 0.15) is 0 Å². The molecule has 0 unspecified atom stereocenters. The molecule has 0 bridgehead atoms. The average Bonchev–Trinajstić information content (AvgIpc) is 3.39. The largest absolute Gasteiger partial charge is 0.282 e. The number of thioether (sulfide) groups is 1. The van der Waals surface area contributed by atoms with Crippen LogP contribution >= 0.6 is 47.5 Å². The molecule has 29 heavy (non-hydrogen) atoms. The fourth-order valence-corrected chi connectivity index (χ4v) is 4.09. The summed E-state index contributed by atoms with van der Waals surface area (Å²) in [4.78, 5) is 19.9. The lowest BCUT2D eigenvalue weighted by molar-refractivity contribution is -0.107. The maximum atomic E-state index is 11.5. The van der Waals surface area contributed by atoms with Gasteiger partial charge >= 0.3 is 0 Å². The lowest BCUT2D eigenvalue weighted by Gasteiger charge is -1.94. The lowest BCUT2D eigenvalue weighted by atomic mass is 10.2. The molecule has 2 aromatic carbocycles. The fourth-order valence-electron chi connectivity index (χ4n) is 2.04. The van der Waals surface area contributed by atoms with Gasteiger partial charge in [0.2, 0.25) is 5.12 Å². The predicted molar refractivity (Wildman–Crippen MR) is 124 cm³/mol. The average molecular weight is 457 g/mol. The van der Waals surface area contributed by atoms with E-state index in [1.54, 1.807) is 6.92 Å². The quantitative estimate of drug-likeness (QED) is 0.234. The van der Waals surface area contributed by atoms with Gasteiger partial charge in [-0.2, -0.15) is 8.75 Å². The Labute approximate surface area is 186 Å². The molecule has 4 aromatic rings. The molecule has 0 radical (unpaired) electrons. The molecule has 0 atom stereocenters. The molecule has 0 fully saturated rings. The van der Waals surface area contributed by atoms with E-state index in [1.165, 1.54) is 23.1 Å². The Hall–Kier alpha value is -2.33. The molecule has 0 spiro atoms. The number of thiol groups is 1. The van der Waals surface area contributed by atoms with Crippen LogP contribution in [-0.4, -0.2) is 23.8 Å². The zero-order valence-electron chi connectivity index (χ0n) is 15.3. The number of hydrogen-bond acceptors (Lipinski definition) is 9. The van der Waals surface area contributed by atoms with Gasteiger partial charge in [0.05, 0.1) is 0 Å². The minimum atomic E-state index is -0.0687. The number of nitrogens with zero attached hydrogens (tertiary/aromatic N) is 4. The van der Waals surface area contributed by atoms with E-state index >= 15 is 0 Å². The summed E-state index contributed by atoms with van der Waals surface area (Å²) >= 11 is 7.71. The second-order valence-electron chi connectivity index (χ2n) is 5.69. The summed E-state index contributed by atoms with van der Waals surface area (Å²) in [7, 11) is 0. The molecule has 0 saturated heterocycles. The molecule has 0 amide bonds.